The molecule has 0 unspecified atom stereocenters. The van der Waals surface area contributed by atoms with Crippen molar-refractivity contribution in [2.45, 2.75) is 6.54 Å². The zero-order chi connectivity index (χ0) is 20.1. The summed E-state index contributed by atoms with van der Waals surface area (Å²) in [7, 11) is 2.87. The topological polar surface area (TPSA) is 90.0 Å². The molecule has 0 radical (unpaired) electrons. The van der Waals surface area contributed by atoms with Crippen molar-refractivity contribution in [3.05, 3.63) is 47.3 Å². The maximum absolute atomic E-state index is 13.5. The first-order valence-corrected chi connectivity index (χ1v) is 8.58. The number of ether oxygens (including phenoxy) is 3. The number of pyridine rings is 1. The third kappa shape index (κ3) is 4.30. The Kier molecular flexibility index (Phi) is 5.93. The molecule has 0 saturated heterocycles. The van der Waals surface area contributed by atoms with Gasteiger partial charge in [-0.15, -0.1) is 0 Å². The lowest BCUT2D eigenvalue weighted by molar-refractivity contribution is -0.133. The van der Waals surface area contributed by atoms with Gasteiger partial charge in [-0.2, -0.15) is 4.98 Å². The summed E-state index contributed by atoms with van der Waals surface area (Å²) in [5.41, 5.74) is 0.833. The van der Waals surface area contributed by atoms with Gasteiger partial charge in [-0.3, -0.25) is 9.59 Å². The van der Waals surface area contributed by atoms with Crippen LogP contribution in [0.5, 0.6) is 17.5 Å². The van der Waals surface area contributed by atoms with Gasteiger partial charge in [0.15, 0.2) is 6.61 Å². The van der Waals surface area contributed by atoms with Crippen LogP contribution in [0.1, 0.15) is 15.9 Å². The molecule has 9 heteroatoms. The van der Waals surface area contributed by atoms with E-state index in [2.05, 4.69) is 10.3 Å². The van der Waals surface area contributed by atoms with E-state index in [1.807, 2.05) is 0 Å². The monoisotopic (exact) mass is 389 g/mol. The molecular weight excluding hydrogens is 369 g/mol. The van der Waals surface area contributed by atoms with E-state index in [4.69, 9.17) is 14.2 Å². The van der Waals surface area contributed by atoms with Crippen LogP contribution in [0.25, 0.3) is 0 Å². The third-order valence-electron chi connectivity index (χ3n) is 4.24. The molecule has 1 aromatic heterocycles. The van der Waals surface area contributed by atoms with E-state index in [1.165, 1.54) is 37.3 Å². The molecule has 0 spiro atoms. The number of carbonyl (C=O) groups excluding carboxylic acids is 2. The lowest BCUT2D eigenvalue weighted by Gasteiger charge is -2.20. The summed E-state index contributed by atoms with van der Waals surface area (Å²) in [6.45, 7) is 0.512. The molecule has 0 aliphatic carbocycles. The van der Waals surface area contributed by atoms with E-state index < -0.39 is 11.7 Å². The van der Waals surface area contributed by atoms with Crippen LogP contribution < -0.4 is 19.5 Å². The van der Waals surface area contributed by atoms with E-state index in [1.54, 1.807) is 12.1 Å². The molecule has 1 aliphatic heterocycles. The van der Waals surface area contributed by atoms with Crippen molar-refractivity contribution >= 4 is 11.8 Å². The first-order valence-electron chi connectivity index (χ1n) is 8.58. The van der Waals surface area contributed by atoms with E-state index >= 15 is 0 Å². The van der Waals surface area contributed by atoms with E-state index in [9.17, 15) is 14.0 Å². The van der Waals surface area contributed by atoms with Crippen LogP contribution in [0.4, 0.5) is 4.39 Å². The number of hydrogen-bond acceptors (Lipinski definition) is 6. The first-order chi connectivity index (χ1) is 13.5. The molecule has 2 heterocycles. The highest BCUT2D eigenvalue weighted by Crippen LogP contribution is 2.24. The Labute approximate surface area is 161 Å². The van der Waals surface area contributed by atoms with Gasteiger partial charge in [0.05, 0.1) is 14.2 Å². The molecule has 28 heavy (non-hydrogen) atoms. The minimum atomic E-state index is -0.399. The number of nitrogens with zero attached hydrogens (tertiary/aromatic N) is 2. The molecule has 1 N–H and O–H groups in total. The fourth-order valence-electron chi connectivity index (χ4n) is 2.81. The second-order valence-corrected chi connectivity index (χ2v) is 6.02. The number of aromatic nitrogens is 1. The first kappa shape index (κ1) is 19.4. The van der Waals surface area contributed by atoms with Gasteiger partial charge in [0.2, 0.25) is 11.8 Å². The number of rotatable bonds is 6. The Morgan fingerprint density at radius 1 is 1.29 bits per heavy atom. The number of benzene rings is 1. The average molecular weight is 389 g/mol. The predicted molar refractivity (Wildman–Crippen MR) is 97.0 cm³/mol. The van der Waals surface area contributed by atoms with Crippen molar-refractivity contribution in [3.63, 3.8) is 0 Å². The maximum atomic E-state index is 13.5. The minimum Gasteiger partial charge on any atom is -0.483 e. The molecule has 2 amide bonds. The summed E-state index contributed by atoms with van der Waals surface area (Å²) in [5, 5.41) is 2.73. The molecule has 1 aromatic carbocycles. The summed E-state index contributed by atoms with van der Waals surface area (Å²) in [4.78, 5) is 30.2. The molecule has 0 saturated carbocycles. The fraction of sp³-hybridized carbons (Fsp3) is 0.316. The second-order valence-electron chi connectivity index (χ2n) is 6.02. The number of nitrogens with one attached hydrogen (secondary N) is 1. The molecule has 0 bridgehead atoms. The summed E-state index contributed by atoms with van der Waals surface area (Å²) >= 11 is 0. The largest absolute Gasteiger partial charge is 0.483 e. The van der Waals surface area contributed by atoms with Crippen molar-refractivity contribution < 1.29 is 28.2 Å². The number of hydrogen-bond donors (Lipinski definition) is 1. The summed E-state index contributed by atoms with van der Waals surface area (Å²) in [6, 6.07) is 7.23. The van der Waals surface area contributed by atoms with E-state index in [0.717, 1.165) is 0 Å². The SMILES string of the molecule is COc1ccc(C(=O)NCCN2Cc3cc(F)ccc3OCC2=O)c(OC)n1. The fourth-order valence-corrected chi connectivity index (χ4v) is 2.81. The standard InChI is InChI=1S/C19H20FN3O5/c1-26-16-6-4-14(19(22-16)27-2)18(25)21-7-8-23-10-12-9-13(20)3-5-15(12)28-11-17(23)24/h3-6,9H,7-8,10-11H2,1-2H3,(H,21,25). The predicted octanol–water partition coefficient (Wildman–Crippen LogP) is 1.39. The van der Waals surface area contributed by atoms with Gasteiger partial charge >= 0.3 is 0 Å². The highest BCUT2D eigenvalue weighted by atomic mass is 19.1. The molecule has 1 aliphatic rings. The van der Waals surface area contributed by atoms with Gasteiger partial charge in [0, 0.05) is 31.3 Å². The van der Waals surface area contributed by atoms with Gasteiger partial charge in [-0.05, 0) is 24.3 Å². The van der Waals surface area contributed by atoms with Crippen LogP contribution in [0.2, 0.25) is 0 Å². The number of methoxy groups -OCH3 is 2. The van der Waals surface area contributed by atoms with Crippen molar-refractivity contribution in [1.29, 1.82) is 0 Å². The van der Waals surface area contributed by atoms with Gasteiger partial charge in [0.25, 0.3) is 11.8 Å². The molecule has 0 fully saturated rings. The zero-order valence-corrected chi connectivity index (χ0v) is 15.5. The van der Waals surface area contributed by atoms with Crippen LogP contribution in [0.15, 0.2) is 30.3 Å². The van der Waals surface area contributed by atoms with Crippen LogP contribution >= 0.6 is 0 Å². The Balaban J connectivity index is 1.62. The Morgan fingerprint density at radius 3 is 2.86 bits per heavy atom. The number of halogens is 1. The maximum Gasteiger partial charge on any atom is 0.260 e. The summed E-state index contributed by atoms with van der Waals surface area (Å²) < 4.78 is 29.0. The van der Waals surface area contributed by atoms with Crippen LogP contribution in [0.3, 0.4) is 0 Å². The Hall–Kier alpha value is -3.36. The van der Waals surface area contributed by atoms with Gasteiger partial charge in [0.1, 0.15) is 17.1 Å². The Bertz CT molecular complexity index is 890. The molecule has 0 atom stereocenters. The van der Waals surface area contributed by atoms with Crippen LogP contribution in [0, 0.1) is 5.82 Å². The highest BCUT2D eigenvalue weighted by Gasteiger charge is 2.22. The van der Waals surface area contributed by atoms with Crippen molar-refractivity contribution in [3.8, 4) is 17.5 Å². The normalized spacial score (nSPS) is 13.2. The smallest absolute Gasteiger partial charge is 0.260 e. The molecule has 3 rings (SSSR count). The zero-order valence-electron chi connectivity index (χ0n) is 15.5. The van der Waals surface area contributed by atoms with Gasteiger partial charge < -0.3 is 24.4 Å². The lowest BCUT2D eigenvalue weighted by atomic mass is 10.2. The van der Waals surface area contributed by atoms with Crippen LogP contribution in [-0.2, 0) is 11.3 Å². The third-order valence-corrected chi connectivity index (χ3v) is 4.24. The summed E-state index contributed by atoms with van der Waals surface area (Å²) in [6.07, 6.45) is 0. The van der Waals surface area contributed by atoms with E-state index in [0.29, 0.717) is 17.2 Å². The van der Waals surface area contributed by atoms with Gasteiger partial charge in [-0.1, -0.05) is 0 Å². The highest BCUT2D eigenvalue weighted by molar-refractivity contribution is 5.96. The number of carbonyl (C=O) groups is 2. The Morgan fingerprint density at radius 2 is 2.11 bits per heavy atom. The quantitative estimate of drug-likeness (QED) is 0.803. The van der Waals surface area contributed by atoms with Gasteiger partial charge in [-0.25, -0.2) is 4.39 Å². The van der Waals surface area contributed by atoms with E-state index in [-0.39, 0.29) is 43.6 Å². The van der Waals surface area contributed by atoms with Crippen LogP contribution in [-0.4, -0.2) is 55.6 Å². The molecule has 148 valence electrons. The summed E-state index contributed by atoms with van der Waals surface area (Å²) in [5.74, 6) is -0.0825. The number of amides is 2. The molecule has 8 nitrogen and oxygen atoms in total. The lowest BCUT2D eigenvalue weighted by Crippen LogP contribution is -2.39. The van der Waals surface area contributed by atoms with Crippen molar-refractivity contribution in [2.75, 3.05) is 33.9 Å². The molecular formula is C19H20FN3O5. The minimum absolute atomic E-state index is 0.136. The average Bonchev–Trinajstić information content (AvgIpc) is 2.86. The van der Waals surface area contributed by atoms with Crippen molar-refractivity contribution in [1.82, 2.24) is 15.2 Å². The molecule has 2 aromatic rings. The van der Waals surface area contributed by atoms with Crippen molar-refractivity contribution in [2.24, 2.45) is 0 Å². The number of fused-ring (bicyclic) bond motifs is 1. The second kappa shape index (κ2) is 8.55.